The highest BCUT2D eigenvalue weighted by atomic mass is 16.4. The minimum Gasteiger partial charge on any atom is -0.455 e. The van der Waals surface area contributed by atoms with Crippen LogP contribution < -0.4 is 10.7 Å². The van der Waals surface area contributed by atoms with Gasteiger partial charge in [0.15, 0.2) is 5.76 Å². The van der Waals surface area contributed by atoms with Crippen LogP contribution in [0.25, 0.3) is 0 Å². The van der Waals surface area contributed by atoms with E-state index in [-0.39, 0.29) is 17.6 Å². The molecule has 0 fully saturated rings. The lowest BCUT2D eigenvalue weighted by Gasteiger charge is -2.13. The van der Waals surface area contributed by atoms with Crippen LogP contribution in [0, 0.1) is 13.8 Å². The molecule has 8 nitrogen and oxygen atoms in total. The first kappa shape index (κ1) is 24.8. The molecule has 2 amide bonds. The summed E-state index contributed by atoms with van der Waals surface area (Å²) in [7, 11) is 0. The van der Waals surface area contributed by atoms with Gasteiger partial charge in [-0.25, -0.2) is 5.43 Å². The Kier molecular flexibility index (Phi) is 7.21. The van der Waals surface area contributed by atoms with Crippen LogP contribution >= 0.6 is 0 Å². The number of carbonyl (C=O) groups excluding carboxylic acids is 2. The molecule has 5 rings (SSSR count). The minimum absolute atomic E-state index is 0.238. The van der Waals surface area contributed by atoms with Crippen LogP contribution in [0.15, 0.2) is 98.6 Å². The molecule has 1 heterocycles. The molecule has 0 spiro atoms. The smallest absolute Gasteiger partial charge is 0.291 e. The van der Waals surface area contributed by atoms with Crippen LogP contribution in [0.5, 0.6) is 0 Å². The summed E-state index contributed by atoms with van der Waals surface area (Å²) in [6.45, 7) is 3.77. The quantitative estimate of drug-likeness (QED) is 0.217. The molecule has 0 radical (unpaired) electrons. The lowest BCUT2D eigenvalue weighted by molar-refractivity contribution is 0.0953. The molecule has 0 atom stereocenters. The van der Waals surface area contributed by atoms with Crippen molar-refractivity contribution in [1.82, 2.24) is 5.43 Å². The number of amides is 2. The van der Waals surface area contributed by atoms with Crippen LogP contribution in [0.2, 0.25) is 0 Å². The van der Waals surface area contributed by atoms with Crippen molar-refractivity contribution in [3.8, 4) is 0 Å². The number of aryl methyl sites for hydroxylation is 2. The zero-order valence-corrected chi connectivity index (χ0v) is 21.2. The van der Waals surface area contributed by atoms with E-state index in [4.69, 9.17) is 4.42 Å². The van der Waals surface area contributed by atoms with Gasteiger partial charge in [0.1, 0.15) is 5.76 Å². The topological polar surface area (TPSA) is 108 Å². The highest BCUT2D eigenvalue weighted by Crippen LogP contribution is 2.30. The first-order valence-corrected chi connectivity index (χ1v) is 12.4. The van der Waals surface area contributed by atoms with E-state index in [1.54, 1.807) is 30.3 Å². The number of furan rings is 1. The monoisotopic (exact) mass is 505 g/mol. The van der Waals surface area contributed by atoms with Gasteiger partial charge in [-0.1, -0.05) is 35.9 Å². The van der Waals surface area contributed by atoms with Crippen LogP contribution in [0.4, 0.5) is 17.1 Å². The van der Waals surface area contributed by atoms with Crippen molar-refractivity contribution in [2.75, 3.05) is 5.32 Å². The molecule has 0 aliphatic heterocycles. The maximum absolute atomic E-state index is 13.1. The van der Waals surface area contributed by atoms with Crippen molar-refractivity contribution in [2.45, 2.75) is 33.1 Å². The van der Waals surface area contributed by atoms with E-state index in [0.717, 1.165) is 23.2 Å². The molecule has 0 bridgehead atoms. The van der Waals surface area contributed by atoms with Gasteiger partial charge in [-0.3, -0.25) is 9.59 Å². The summed E-state index contributed by atoms with van der Waals surface area (Å²) in [5.74, 6) is 0.319. The van der Waals surface area contributed by atoms with Gasteiger partial charge >= 0.3 is 0 Å². The van der Waals surface area contributed by atoms with Gasteiger partial charge in [0, 0.05) is 28.8 Å². The maximum Gasteiger partial charge on any atom is 0.291 e. The summed E-state index contributed by atoms with van der Waals surface area (Å²) in [5, 5.41) is 15.7. The number of hydrogen-bond acceptors (Lipinski definition) is 6. The van der Waals surface area contributed by atoms with E-state index in [9.17, 15) is 9.59 Å². The number of fused-ring (bicyclic) bond motifs is 1. The summed E-state index contributed by atoms with van der Waals surface area (Å²) in [6, 6.07) is 23.9. The van der Waals surface area contributed by atoms with Gasteiger partial charge in [0.2, 0.25) is 0 Å². The molecule has 0 unspecified atom stereocenters. The lowest BCUT2D eigenvalue weighted by atomic mass is 9.93. The second kappa shape index (κ2) is 11.0. The highest BCUT2D eigenvalue weighted by molar-refractivity contribution is 6.09. The number of nitrogens with one attached hydrogen (secondary N) is 2. The van der Waals surface area contributed by atoms with Crippen molar-refractivity contribution in [1.29, 1.82) is 0 Å². The van der Waals surface area contributed by atoms with Crippen LogP contribution in [-0.4, -0.2) is 17.5 Å². The SMILES string of the molecule is Cc1cccc(C(=O)N/N=C2\CCCc3oc(C(=O)Nc4ccc(N=Nc5ccccc5)cc4)c(C)c32)c1. The van der Waals surface area contributed by atoms with E-state index in [2.05, 4.69) is 26.1 Å². The van der Waals surface area contributed by atoms with Crippen molar-refractivity contribution < 1.29 is 14.0 Å². The number of nitrogens with zero attached hydrogens (tertiary/aromatic N) is 3. The van der Waals surface area contributed by atoms with Crippen LogP contribution in [0.3, 0.4) is 0 Å². The average Bonchev–Trinajstić information content (AvgIpc) is 3.29. The largest absolute Gasteiger partial charge is 0.455 e. The maximum atomic E-state index is 13.1. The Morgan fingerprint density at radius 2 is 1.55 bits per heavy atom. The Morgan fingerprint density at radius 3 is 2.29 bits per heavy atom. The van der Waals surface area contributed by atoms with Gasteiger partial charge in [-0.2, -0.15) is 15.3 Å². The number of hydrazone groups is 1. The molecular formula is C30H27N5O3. The molecule has 2 N–H and O–H groups in total. The molecule has 190 valence electrons. The van der Waals surface area contributed by atoms with Gasteiger partial charge in [0.05, 0.1) is 17.1 Å². The van der Waals surface area contributed by atoms with E-state index in [1.807, 2.05) is 62.4 Å². The third kappa shape index (κ3) is 5.59. The standard InChI is InChI=1S/C30H27N5O3/c1-19-8-6-9-21(18-19)29(36)35-34-25-12-7-13-26-27(25)20(2)28(38-26)30(37)31-22-14-16-24(17-15-22)33-32-23-10-4-3-5-11-23/h3-6,8-11,14-18H,7,12-13H2,1-2H3,(H,31,37)(H,35,36)/b33-32?,34-25+. The summed E-state index contributed by atoms with van der Waals surface area (Å²) >= 11 is 0. The van der Waals surface area contributed by atoms with Gasteiger partial charge in [0.25, 0.3) is 11.8 Å². The molecule has 1 aliphatic rings. The number of azo groups is 1. The molecule has 0 saturated heterocycles. The minimum atomic E-state index is -0.348. The number of anilines is 1. The number of hydrogen-bond donors (Lipinski definition) is 2. The predicted octanol–water partition coefficient (Wildman–Crippen LogP) is 7.03. The van der Waals surface area contributed by atoms with E-state index in [1.165, 1.54) is 0 Å². The summed E-state index contributed by atoms with van der Waals surface area (Å²) in [4.78, 5) is 25.7. The fraction of sp³-hybridized carbons (Fsp3) is 0.167. The molecule has 3 aromatic carbocycles. The first-order chi connectivity index (χ1) is 18.5. The van der Waals surface area contributed by atoms with Crippen molar-refractivity contribution >= 4 is 34.6 Å². The molecule has 1 aliphatic carbocycles. The Balaban J connectivity index is 1.29. The van der Waals surface area contributed by atoms with E-state index >= 15 is 0 Å². The fourth-order valence-corrected chi connectivity index (χ4v) is 4.38. The van der Waals surface area contributed by atoms with Gasteiger partial charge in [-0.05, 0) is 75.2 Å². The summed E-state index contributed by atoms with van der Waals surface area (Å²) < 4.78 is 5.98. The molecule has 1 aromatic heterocycles. The molecule has 0 saturated carbocycles. The Bertz CT molecular complexity index is 1540. The summed E-state index contributed by atoms with van der Waals surface area (Å²) in [6.07, 6.45) is 2.20. The third-order valence-electron chi connectivity index (χ3n) is 6.27. The normalized spacial score (nSPS) is 13.9. The van der Waals surface area contributed by atoms with E-state index < -0.39 is 0 Å². The van der Waals surface area contributed by atoms with Crippen molar-refractivity contribution in [3.63, 3.8) is 0 Å². The lowest BCUT2D eigenvalue weighted by Crippen LogP contribution is -2.22. The fourth-order valence-electron chi connectivity index (χ4n) is 4.38. The average molecular weight is 506 g/mol. The van der Waals surface area contributed by atoms with E-state index in [0.29, 0.717) is 46.8 Å². The van der Waals surface area contributed by atoms with Gasteiger partial charge < -0.3 is 9.73 Å². The molecular weight excluding hydrogens is 478 g/mol. The second-order valence-electron chi connectivity index (χ2n) is 9.11. The van der Waals surface area contributed by atoms with Crippen LogP contribution in [-0.2, 0) is 6.42 Å². The highest BCUT2D eigenvalue weighted by Gasteiger charge is 2.28. The predicted molar refractivity (Wildman–Crippen MR) is 147 cm³/mol. The summed E-state index contributed by atoms with van der Waals surface area (Å²) in [5.41, 5.74) is 8.45. The zero-order valence-electron chi connectivity index (χ0n) is 21.2. The molecule has 4 aromatic rings. The van der Waals surface area contributed by atoms with Crippen molar-refractivity contribution in [3.05, 3.63) is 113 Å². The molecule has 8 heteroatoms. The van der Waals surface area contributed by atoms with Crippen LogP contribution in [0.1, 0.15) is 56.2 Å². The second-order valence-corrected chi connectivity index (χ2v) is 9.11. The zero-order chi connectivity index (χ0) is 26.5. The van der Waals surface area contributed by atoms with Crippen molar-refractivity contribution in [2.24, 2.45) is 15.3 Å². The van der Waals surface area contributed by atoms with Gasteiger partial charge in [-0.15, -0.1) is 0 Å². The Labute approximate surface area is 220 Å². The number of rotatable bonds is 6. The Hall–Kier alpha value is -4.85. The first-order valence-electron chi connectivity index (χ1n) is 12.4. The number of carbonyl (C=O) groups is 2. The molecule has 38 heavy (non-hydrogen) atoms. The third-order valence-corrected chi connectivity index (χ3v) is 6.27. The Morgan fingerprint density at radius 1 is 0.816 bits per heavy atom. The number of benzene rings is 3.